The maximum absolute atomic E-state index is 13.1. The van der Waals surface area contributed by atoms with Gasteiger partial charge in [0.05, 0.1) is 11.9 Å². The molecule has 0 amide bonds. The first-order valence-corrected chi connectivity index (χ1v) is 6.64. The first-order chi connectivity index (χ1) is 9.06. The van der Waals surface area contributed by atoms with Gasteiger partial charge in [0.15, 0.2) is 0 Å². The molecule has 5 heteroatoms. The van der Waals surface area contributed by atoms with E-state index in [2.05, 4.69) is 26.2 Å². The molecule has 0 fully saturated rings. The van der Waals surface area contributed by atoms with E-state index in [1.807, 2.05) is 6.92 Å². The summed E-state index contributed by atoms with van der Waals surface area (Å²) in [5, 5.41) is 3.22. The third-order valence-electron chi connectivity index (χ3n) is 2.80. The van der Waals surface area contributed by atoms with E-state index >= 15 is 0 Å². The van der Waals surface area contributed by atoms with E-state index in [9.17, 15) is 8.78 Å². The molecule has 0 bridgehead atoms. The Hall–Kier alpha value is -1.33. The van der Waals surface area contributed by atoms with E-state index < -0.39 is 0 Å². The molecule has 1 unspecified atom stereocenters. The molecule has 2 rings (SSSR count). The summed E-state index contributed by atoms with van der Waals surface area (Å²) in [5.74, 6) is -0.628. The minimum Gasteiger partial charge on any atom is -0.305 e. The molecule has 2 aromatic rings. The SMILES string of the molecule is CC(NCc1cc(F)ccc1Br)c1ccc(F)cn1. The van der Waals surface area contributed by atoms with Crippen LogP contribution in [0.1, 0.15) is 24.2 Å². The van der Waals surface area contributed by atoms with Crippen molar-refractivity contribution in [2.75, 3.05) is 0 Å². The minimum atomic E-state index is -0.358. The van der Waals surface area contributed by atoms with Crippen molar-refractivity contribution in [1.82, 2.24) is 10.3 Å². The summed E-state index contributed by atoms with van der Waals surface area (Å²) in [5.41, 5.74) is 1.57. The lowest BCUT2D eigenvalue weighted by atomic mass is 10.1. The van der Waals surface area contributed by atoms with Crippen LogP contribution in [0.3, 0.4) is 0 Å². The standard InChI is InChI=1S/C14H13BrF2N2/c1-9(14-5-3-12(17)8-19-14)18-7-10-6-11(16)2-4-13(10)15/h2-6,8-9,18H,7H2,1H3. The van der Waals surface area contributed by atoms with Crippen LogP contribution in [-0.4, -0.2) is 4.98 Å². The van der Waals surface area contributed by atoms with Gasteiger partial charge in [0.2, 0.25) is 0 Å². The third kappa shape index (κ3) is 3.81. The van der Waals surface area contributed by atoms with Crippen LogP contribution < -0.4 is 5.32 Å². The molecule has 1 aromatic heterocycles. The average molecular weight is 327 g/mol. The highest BCUT2D eigenvalue weighted by atomic mass is 79.9. The second-order valence-corrected chi connectivity index (χ2v) is 5.09. The molecule has 2 nitrogen and oxygen atoms in total. The zero-order valence-corrected chi connectivity index (χ0v) is 11.9. The van der Waals surface area contributed by atoms with Gasteiger partial charge in [-0.25, -0.2) is 8.78 Å². The van der Waals surface area contributed by atoms with Gasteiger partial charge < -0.3 is 5.32 Å². The molecular formula is C14H13BrF2N2. The van der Waals surface area contributed by atoms with Gasteiger partial charge in [0.1, 0.15) is 11.6 Å². The summed E-state index contributed by atoms with van der Waals surface area (Å²) in [6.45, 7) is 2.42. The van der Waals surface area contributed by atoms with Crippen molar-refractivity contribution < 1.29 is 8.78 Å². The number of nitrogens with one attached hydrogen (secondary N) is 1. The molecule has 0 aliphatic rings. The number of hydrogen-bond acceptors (Lipinski definition) is 2. The largest absolute Gasteiger partial charge is 0.305 e. The van der Waals surface area contributed by atoms with Crippen molar-refractivity contribution in [3.63, 3.8) is 0 Å². The van der Waals surface area contributed by atoms with Crippen molar-refractivity contribution >= 4 is 15.9 Å². The fourth-order valence-electron chi connectivity index (χ4n) is 1.69. The Bertz CT molecular complexity index is 558. The second-order valence-electron chi connectivity index (χ2n) is 4.24. The lowest BCUT2D eigenvalue weighted by molar-refractivity contribution is 0.550. The fourth-order valence-corrected chi connectivity index (χ4v) is 2.08. The number of nitrogens with zero attached hydrogens (tertiary/aromatic N) is 1. The third-order valence-corrected chi connectivity index (χ3v) is 3.57. The number of halogens is 3. The summed E-state index contributed by atoms with van der Waals surface area (Å²) in [7, 11) is 0. The highest BCUT2D eigenvalue weighted by Crippen LogP contribution is 2.19. The van der Waals surface area contributed by atoms with Crippen LogP contribution >= 0.6 is 15.9 Å². The normalized spacial score (nSPS) is 12.4. The average Bonchev–Trinajstić information content (AvgIpc) is 2.40. The monoisotopic (exact) mass is 326 g/mol. The van der Waals surface area contributed by atoms with E-state index in [0.29, 0.717) is 6.54 Å². The predicted molar refractivity (Wildman–Crippen MR) is 73.5 cm³/mol. The number of rotatable bonds is 4. The Morgan fingerprint density at radius 2 is 1.95 bits per heavy atom. The number of pyridine rings is 1. The van der Waals surface area contributed by atoms with Crippen LogP contribution in [-0.2, 0) is 6.54 Å². The molecule has 1 atom stereocenters. The lowest BCUT2D eigenvalue weighted by Crippen LogP contribution is -2.19. The van der Waals surface area contributed by atoms with Crippen LogP contribution in [0.4, 0.5) is 8.78 Å². The zero-order valence-electron chi connectivity index (χ0n) is 10.3. The van der Waals surface area contributed by atoms with Crippen molar-refractivity contribution in [3.05, 3.63) is 63.9 Å². The molecule has 1 N–H and O–H groups in total. The summed E-state index contributed by atoms with van der Waals surface area (Å²) in [6.07, 6.45) is 1.19. The van der Waals surface area contributed by atoms with Crippen molar-refractivity contribution in [1.29, 1.82) is 0 Å². The molecule has 1 heterocycles. The van der Waals surface area contributed by atoms with Crippen LogP contribution in [0.15, 0.2) is 41.0 Å². The summed E-state index contributed by atoms with van der Waals surface area (Å²) < 4.78 is 26.8. The highest BCUT2D eigenvalue weighted by molar-refractivity contribution is 9.10. The predicted octanol–water partition coefficient (Wildman–Crippen LogP) is 3.97. The fraction of sp³-hybridized carbons (Fsp3) is 0.214. The molecule has 0 radical (unpaired) electrons. The van der Waals surface area contributed by atoms with Crippen LogP contribution in [0.25, 0.3) is 0 Å². The lowest BCUT2D eigenvalue weighted by Gasteiger charge is -2.14. The van der Waals surface area contributed by atoms with Crippen LogP contribution in [0.5, 0.6) is 0 Å². The Balaban J connectivity index is 2.02. The summed E-state index contributed by atoms with van der Waals surface area (Å²) in [4.78, 5) is 4.01. The molecule has 1 aromatic carbocycles. The number of aromatic nitrogens is 1. The highest BCUT2D eigenvalue weighted by Gasteiger charge is 2.08. The minimum absolute atomic E-state index is 0.0456. The van der Waals surface area contributed by atoms with E-state index in [-0.39, 0.29) is 17.7 Å². The van der Waals surface area contributed by atoms with Crippen LogP contribution in [0, 0.1) is 11.6 Å². The molecule has 19 heavy (non-hydrogen) atoms. The first kappa shape index (κ1) is 14.1. The Morgan fingerprint density at radius 1 is 1.21 bits per heavy atom. The van der Waals surface area contributed by atoms with E-state index in [0.717, 1.165) is 15.7 Å². The number of hydrogen-bond donors (Lipinski definition) is 1. The molecule has 0 aliphatic heterocycles. The van der Waals surface area contributed by atoms with Crippen LogP contribution in [0.2, 0.25) is 0 Å². The topological polar surface area (TPSA) is 24.9 Å². The number of benzene rings is 1. The van der Waals surface area contributed by atoms with Gasteiger partial charge in [-0.05, 0) is 42.8 Å². The van der Waals surface area contributed by atoms with Gasteiger partial charge in [-0.2, -0.15) is 0 Å². The van der Waals surface area contributed by atoms with Gasteiger partial charge in [0.25, 0.3) is 0 Å². The quantitative estimate of drug-likeness (QED) is 0.919. The smallest absolute Gasteiger partial charge is 0.141 e. The Kier molecular flexibility index (Phi) is 4.61. The maximum atomic E-state index is 13.1. The Morgan fingerprint density at radius 3 is 2.63 bits per heavy atom. The van der Waals surface area contributed by atoms with E-state index in [4.69, 9.17) is 0 Å². The maximum Gasteiger partial charge on any atom is 0.141 e. The molecule has 0 aliphatic carbocycles. The summed E-state index contributed by atoms with van der Waals surface area (Å²) >= 11 is 3.37. The van der Waals surface area contributed by atoms with Gasteiger partial charge in [-0.1, -0.05) is 15.9 Å². The Labute approximate surface area is 119 Å². The van der Waals surface area contributed by atoms with Crippen molar-refractivity contribution in [2.24, 2.45) is 0 Å². The van der Waals surface area contributed by atoms with Gasteiger partial charge >= 0.3 is 0 Å². The van der Waals surface area contributed by atoms with Gasteiger partial charge in [-0.3, -0.25) is 4.98 Å². The summed E-state index contributed by atoms with van der Waals surface area (Å²) in [6, 6.07) is 7.51. The molecule has 0 saturated heterocycles. The first-order valence-electron chi connectivity index (χ1n) is 5.85. The molecule has 0 spiro atoms. The van der Waals surface area contributed by atoms with Crippen molar-refractivity contribution in [3.8, 4) is 0 Å². The second kappa shape index (κ2) is 6.21. The van der Waals surface area contributed by atoms with Crippen molar-refractivity contribution in [2.45, 2.75) is 19.5 Å². The zero-order chi connectivity index (χ0) is 13.8. The molecular weight excluding hydrogens is 314 g/mol. The van der Waals surface area contributed by atoms with E-state index in [1.165, 1.54) is 24.4 Å². The molecule has 100 valence electrons. The van der Waals surface area contributed by atoms with Gasteiger partial charge in [-0.15, -0.1) is 0 Å². The van der Waals surface area contributed by atoms with Gasteiger partial charge in [0, 0.05) is 17.1 Å². The van der Waals surface area contributed by atoms with E-state index in [1.54, 1.807) is 12.1 Å². The molecule has 0 saturated carbocycles.